The third-order valence-electron chi connectivity index (χ3n) is 1.90. The molecule has 0 saturated carbocycles. The summed E-state index contributed by atoms with van der Waals surface area (Å²) in [6.45, 7) is -0.660. The second-order valence-electron chi connectivity index (χ2n) is 3.05. The van der Waals surface area contributed by atoms with Crippen LogP contribution in [0.5, 0.6) is 0 Å². The molecule has 5 heteroatoms. The largest absolute Gasteiger partial charge is 0.298 e. The van der Waals surface area contributed by atoms with Gasteiger partial charge in [-0.1, -0.05) is 12.1 Å². The Hall–Kier alpha value is -1.23. The molecule has 15 heavy (non-hydrogen) atoms. The Labute approximate surface area is 87.8 Å². The molecule has 0 fully saturated rings. The van der Waals surface area contributed by atoms with Crippen molar-refractivity contribution >= 4 is 16.1 Å². The highest BCUT2D eigenvalue weighted by Crippen LogP contribution is 2.13. The molecule has 0 spiro atoms. The van der Waals surface area contributed by atoms with E-state index in [1.165, 1.54) is 24.3 Å². The molecule has 1 aromatic rings. The fourth-order valence-electron chi connectivity index (χ4n) is 1.14. The summed E-state index contributed by atoms with van der Waals surface area (Å²) in [5, 5.41) is 0. The van der Waals surface area contributed by atoms with Gasteiger partial charge >= 0.3 is 0 Å². The van der Waals surface area contributed by atoms with Crippen LogP contribution < -0.4 is 0 Å². The molecule has 0 bridgehead atoms. The van der Waals surface area contributed by atoms with Crippen molar-refractivity contribution in [1.29, 1.82) is 0 Å². The number of hydrogen-bond acceptors (Lipinski definition) is 3. The van der Waals surface area contributed by atoms with Crippen LogP contribution in [0.25, 0.3) is 0 Å². The second kappa shape index (κ2) is 5.02. The predicted octanol–water partition coefficient (Wildman–Crippen LogP) is 1.63. The van der Waals surface area contributed by atoms with Gasteiger partial charge in [0, 0.05) is 5.56 Å². The Bertz CT molecular complexity index is 440. The van der Waals surface area contributed by atoms with Crippen molar-refractivity contribution in [2.75, 3.05) is 12.4 Å². The lowest BCUT2D eigenvalue weighted by molar-refractivity contribution is 0.112. The molecule has 0 aliphatic rings. The van der Waals surface area contributed by atoms with Crippen LogP contribution >= 0.6 is 0 Å². The minimum atomic E-state index is -3.45. The van der Waals surface area contributed by atoms with Gasteiger partial charge in [-0.3, -0.25) is 9.18 Å². The number of rotatable bonds is 5. The zero-order valence-corrected chi connectivity index (χ0v) is 8.84. The molecular formula is C10H11FO3S. The number of carbonyl (C=O) groups excluding carboxylic acids is 1. The molecule has 0 aromatic heterocycles. The number of sulfone groups is 1. The molecule has 0 amide bonds. The number of aldehydes is 1. The molecule has 0 aliphatic carbocycles. The van der Waals surface area contributed by atoms with Gasteiger partial charge in [0.05, 0.1) is 17.3 Å². The van der Waals surface area contributed by atoms with Crippen LogP contribution in [0, 0.1) is 0 Å². The molecule has 0 N–H and O–H groups in total. The van der Waals surface area contributed by atoms with Gasteiger partial charge in [-0.15, -0.1) is 0 Å². The average Bonchev–Trinajstić information content (AvgIpc) is 2.26. The van der Waals surface area contributed by atoms with Crippen molar-refractivity contribution in [3.05, 3.63) is 29.8 Å². The Kier molecular flexibility index (Phi) is 3.96. The highest BCUT2D eigenvalue weighted by molar-refractivity contribution is 7.91. The number of benzene rings is 1. The first-order chi connectivity index (χ1) is 7.10. The fraction of sp³-hybridized carbons (Fsp3) is 0.300. The van der Waals surface area contributed by atoms with Crippen LogP contribution in [-0.2, 0) is 9.84 Å². The highest BCUT2D eigenvalue weighted by Gasteiger charge is 2.13. The fourth-order valence-corrected chi connectivity index (χ4v) is 2.47. The van der Waals surface area contributed by atoms with Gasteiger partial charge in [-0.2, -0.15) is 0 Å². The highest BCUT2D eigenvalue weighted by atomic mass is 32.2. The van der Waals surface area contributed by atoms with Gasteiger partial charge in [0.2, 0.25) is 0 Å². The number of carbonyl (C=O) groups is 1. The van der Waals surface area contributed by atoms with Crippen molar-refractivity contribution in [2.45, 2.75) is 11.3 Å². The SMILES string of the molecule is O=Cc1cccc(S(=O)(=O)CCCF)c1. The molecule has 0 unspecified atom stereocenters. The number of alkyl halides is 1. The number of hydrogen-bond donors (Lipinski definition) is 0. The van der Waals surface area contributed by atoms with E-state index in [2.05, 4.69) is 0 Å². The Morgan fingerprint density at radius 1 is 1.33 bits per heavy atom. The molecule has 82 valence electrons. The van der Waals surface area contributed by atoms with E-state index >= 15 is 0 Å². The molecule has 0 heterocycles. The minimum Gasteiger partial charge on any atom is -0.298 e. The average molecular weight is 230 g/mol. The second-order valence-corrected chi connectivity index (χ2v) is 5.16. The predicted molar refractivity (Wildman–Crippen MR) is 54.5 cm³/mol. The van der Waals surface area contributed by atoms with E-state index in [0.717, 1.165) is 0 Å². The lowest BCUT2D eigenvalue weighted by Gasteiger charge is -2.02. The van der Waals surface area contributed by atoms with Gasteiger partial charge in [0.25, 0.3) is 0 Å². The Morgan fingerprint density at radius 3 is 2.67 bits per heavy atom. The van der Waals surface area contributed by atoms with E-state index in [4.69, 9.17) is 0 Å². The zero-order valence-electron chi connectivity index (χ0n) is 8.02. The minimum absolute atomic E-state index is 0.0202. The number of halogens is 1. The summed E-state index contributed by atoms with van der Waals surface area (Å²) in [6.07, 6.45) is 0.557. The van der Waals surface area contributed by atoms with E-state index in [-0.39, 0.29) is 17.1 Å². The maximum Gasteiger partial charge on any atom is 0.178 e. The molecular weight excluding hydrogens is 219 g/mol. The van der Waals surface area contributed by atoms with Crippen LogP contribution in [0.15, 0.2) is 29.2 Å². The summed E-state index contributed by atoms with van der Waals surface area (Å²) < 4.78 is 35.0. The van der Waals surface area contributed by atoms with E-state index < -0.39 is 16.5 Å². The van der Waals surface area contributed by atoms with Crippen molar-refractivity contribution in [2.24, 2.45) is 0 Å². The standard InChI is InChI=1S/C10H11FO3S/c11-5-2-6-15(13,14)10-4-1-3-9(7-10)8-12/h1,3-4,7-8H,2,5-6H2. The van der Waals surface area contributed by atoms with Crippen molar-refractivity contribution < 1.29 is 17.6 Å². The Morgan fingerprint density at radius 2 is 2.07 bits per heavy atom. The summed E-state index contributed by atoms with van der Waals surface area (Å²) in [7, 11) is -3.45. The monoisotopic (exact) mass is 230 g/mol. The van der Waals surface area contributed by atoms with Crippen LogP contribution in [0.1, 0.15) is 16.8 Å². The molecule has 0 aliphatic heterocycles. The Balaban J connectivity index is 2.99. The van der Waals surface area contributed by atoms with E-state index in [1.54, 1.807) is 0 Å². The molecule has 1 aromatic carbocycles. The summed E-state index contributed by atoms with van der Waals surface area (Å²) in [5.41, 5.74) is 0.302. The smallest absolute Gasteiger partial charge is 0.178 e. The van der Waals surface area contributed by atoms with Gasteiger partial charge in [-0.25, -0.2) is 8.42 Å². The molecule has 3 nitrogen and oxygen atoms in total. The van der Waals surface area contributed by atoms with Crippen LogP contribution in [0.3, 0.4) is 0 Å². The molecule has 0 atom stereocenters. The maximum absolute atomic E-state index is 11.9. The third kappa shape index (κ3) is 3.13. The summed E-state index contributed by atoms with van der Waals surface area (Å²) in [5.74, 6) is -0.230. The topological polar surface area (TPSA) is 51.2 Å². The normalized spacial score (nSPS) is 11.3. The summed E-state index contributed by atoms with van der Waals surface area (Å²) in [4.78, 5) is 10.5. The van der Waals surface area contributed by atoms with Crippen LogP contribution in [0.2, 0.25) is 0 Å². The van der Waals surface area contributed by atoms with Crippen molar-refractivity contribution in [3.63, 3.8) is 0 Å². The van der Waals surface area contributed by atoms with E-state index in [0.29, 0.717) is 11.8 Å². The van der Waals surface area contributed by atoms with Gasteiger partial charge in [-0.05, 0) is 18.6 Å². The summed E-state index contributed by atoms with van der Waals surface area (Å²) in [6, 6.07) is 5.70. The van der Waals surface area contributed by atoms with Crippen molar-refractivity contribution in [1.82, 2.24) is 0 Å². The van der Waals surface area contributed by atoms with Crippen LogP contribution in [0.4, 0.5) is 4.39 Å². The van der Waals surface area contributed by atoms with Gasteiger partial charge in [0.15, 0.2) is 9.84 Å². The molecule has 1 rings (SSSR count). The maximum atomic E-state index is 11.9. The van der Waals surface area contributed by atoms with Crippen molar-refractivity contribution in [3.8, 4) is 0 Å². The molecule has 0 radical (unpaired) electrons. The summed E-state index contributed by atoms with van der Waals surface area (Å²) >= 11 is 0. The van der Waals surface area contributed by atoms with Gasteiger partial charge in [0.1, 0.15) is 6.29 Å². The van der Waals surface area contributed by atoms with E-state index in [9.17, 15) is 17.6 Å². The quantitative estimate of drug-likeness (QED) is 0.722. The third-order valence-corrected chi connectivity index (χ3v) is 3.70. The van der Waals surface area contributed by atoms with Gasteiger partial charge < -0.3 is 0 Å². The first-order valence-corrected chi connectivity index (χ1v) is 6.09. The van der Waals surface area contributed by atoms with E-state index in [1.807, 2.05) is 0 Å². The lowest BCUT2D eigenvalue weighted by atomic mass is 10.2. The zero-order chi connectivity index (χ0) is 11.3. The molecule has 0 saturated heterocycles. The lowest BCUT2D eigenvalue weighted by Crippen LogP contribution is -2.07. The first-order valence-electron chi connectivity index (χ1n) is 4.44. The first kappa shape index (κ1) is 11.8. The van der Waals surface area contributed by atoms with Crippen LogP contribution in [-0.4, -0.2) is 27.1 Å².